The van der Waals surface area contributed by atoms with Crippen molar-refractivity contribution >= 4 is 5.91 Å². The predicted octanol–water partition coefficient (Wildman–Crippen LogP) is 1.72. The molecule has 1 fully saturated rings. The number of nitrogens with two attached hydrogens (primary N) is 1. The topological polar surface area (TPSA) is 64.2 Å². The summed E-state index contributed by atoms with van der Waals surface area (Å²) in [6, 6.07) is 0. The third kappa shape index (κ3) is 2.59. The minimum Gasteiger partial charge on any atom is -0.338 e. The Morgan fingerprint density at radius 2 is 2.15 bits per heavy atom. The predicted molar refractivity (Wildman–Crippen MR) is 79.7 cm³/mol. The maximum Gasteiger partial charge on any atom is 0.257 e. The van der Waals surface area contributed by atoms with E-state index in [1.54, 1.807) is 0 Å². The highest BCUT2D eigenvalue weighted by atomic mass is 16.2. The molecule has 1 aliphatic rings. The minimum atomic E-state index is 0.0664. The fourth-order valence-corrected chi connectivity index (χ4v) is 2.96. The lowest BCUT2D eigenvalue weighted by Gasteiger charge is -2.22. The Morgan fingerprint density at radius 1 is 1.45 bits per heavy atom. The summed E-state index contributed by atoms with van der Waals surface area (Å²) in [5.74, 6) is 0.111. The van der Waals surface area contributed by atoms with E-state index in [1.165, 1.54) is 0 Å². The van der Waals surface area contributed by atoms with E-state index >= 15 is 0 Å². The molecule has 5 nitrogen and oxygen atoms in total. The molecule has 1 atom stereocenters. The summed E-state index contributed by atoms with van der Waals surface area (Å²) >= 11 is 0. The van der Waals surface area contributed by atoms with Gasteiger partial charge in [-0.3, -0.25) is 9.48 Å². The summed E-state index contributed by atoms with van der Waals surface area (Å²) in [4.78, 5) is 14.7. The van der Waals surface area contributed by atoms with Gasteiger partial charge in [0.05, 0.1) is 11.3 Å². The number of carbonyl (C=O) groups excluding carboxylic acids is 1. The van der Waals surface area contributed by atoms with Crippen LogP contribution in [0.2, 0.25) is 0 Å². The number of amides is 1. The molecule has 1 aromatic heterocycles. The zero-order valence-corrected chi connectivity index (χ0v) is 13.1. The van der Waals surface area contributed by atoms with Gasteiger partial charge >= 0.3 is 0 Å². The lowest BCUT2D eigenvalue weighted by molar-refractivity contribution is 0.0775. The smallest absolute Gasteiger partial charge is 0.257 e. The first-order chi connectivity index (χ1) is 9.41. The second kappa shape index (κ2) is 5.56. The molecule has 0 spiro atoms. The molecular formula is C15H26N4O. The molecule has 2 rings (SSSR count). The summed E-state index contributed by atoms with van der Waals surface area (Å²) in [6.45, 7) is 11.2. The Kier molecular flexibility index (Phi) is 4.18. The molecule has 0 aromatic carbocycles. The molecule has 0 saturated carbocycles. The van der Waals surface area contributed by atoms with Crippen LogP contribution in [0.1, 0.15) is 48.4 Å². The number of aryl methyl sites for hydroxylation is 2. The van der Waals surface area contributed by atoms with Crippen molar-refractivity contribution in [1.82, 2.24) is 14.7 Å². The van der Waals surface area contributed by atoms with Crippen LogP contribution in [-0.2, 0) is 6.54 Å². The van der Waals surface area contributed by atoms with Gasteiger partial charge in [0.25, 0.3) is 5.91 Å². The van der Waals surface area contributed by atoms with Crippen LogP contribution >= 0.6 is 0 Å². The quantitative estimate of drug-likeness (QED) is 0.912. The number of hydrogen-bond donors (Lipinski definition) is 1. The largest absolute Gasteiger partial charge is 0.338 e. The van der Waals surface area contributed by atoms with E-state index in [2.05, 4.69) is 18.9 Å². The molecule has 0 radical (unpaired) electrons. The number of hydrogen-bond acceptors (Lipinski definition) is 3. The summed E-state index contributed by atoms with van der Waals surface area (Å²) in [6.07, 6.45) is 2.00. The average molecular weight is 278 g/mol. The Balaban J connectivity index is 2.22. The minimum absolute atomic E-state index is 0.0664. The number of rotatable bonds is 4. The monoisotopic (exact) mass is 278 g/mol. The number of carbonyl (C=O) groups is 1. The molecule has 20 heavy (non-hydrogen) atoms. The molecule has 1 aromatic rings. The lowest BCUT2D eigenvalue weighted by atomic mass is 9.90. The fraction of sp³-hybridized carbons (Fsp3) is 0.733. The van der Waals surface area contributed by atoms with Crippen LogP contribution in [0.15, 0.2) is 0 Å². The Morgan fingerprint density at radius 3 is 2.70 bits per heavy atom. The van der Waals surface area contributed by atoms with Crippen LogP contribution in [0, 0.1) is 19.3 Å². The SMILES string of the molecule is CCCn1nc(C)c(C(=O)N2CCC(C)(CN)C2)c1C. The molecule has 2 heterocycles. The second-order valence-electron chi connectivity index (χ2n) is 6.26. The highest BCUT2D eigenvalue weighted by Crippen LogP contribution is 2.30. The van der Waals surface area contributed by atoms with Crippen molar-refractivity contribution in [2.45, 2.75) is 47.1 Å². The van der Waals surface area contributed by atoms with E-state index < -0.39 is 0 Å². The van der Waals surface area contributed by atoms with Gasteiger partial charge in [-0.05, 0) is 38.6 Å². The zero-order chi connectivity index (χ0) is 14.9. The first-order valence-corrected chi connectivity index (χ1v) is 7.45. The second-order valence-corrected chi connectivity index (χ2v) is 6.26. The number of nitrogens with zero attached hydrogens (tertiary/aromatic N) is 3. The average Bonchev–Trinajstić information content (AvgIpc) is 2.93. The van der Waals surface area contributed by atoms with E-state index in [1.807, 2.05) is 23.4 Å². The highest BCUT2D eigenvalue weighted by Gasteiger charge is 2.36. The summed E-state index contributed by atoms with van der Waals surface area (Å²) < 4.78 is 1.95. The van der Waals surface area contributed by atoms with E-state index in [4.69, 9.17) is 5.73 Å². The molecule has 1 aliphatic heterocycles. The van der Waals surface area contributed by atoms with Crippen molar-refractivity contribution in [3.05, 3.63) is 17.0 Å². The van der Waals surface area contributed by atoms with Crippen LogP contribution in [-0.4, -0.2) is 40.2 Å². The van der Waals surface area contributed by atoms with Gasteiger partial charge in [0, 0.05) is 25.3 Å². The molecule has 1 unspecified atom stereocenters. The third-order valence-electron chi connectivity index (χ3n) is 4.37. The summed E-state index contributed by atoms with van der Waals surface area (Å²) in [5, 5.41) is 4.49. The normalized spacial score (nSPS) is 22.6. The van der Waals surface area contributed by atoms with Gasteiger partial charge in [0.1, 0.15) is 0 Å². The molecule has 0 aliphatic carbocycles. The van der Waals surface area contributed by atoms with Crippen LogP contribution in [0.3, 0.4) is 0 Å². The first kappa shape index (κ1) is 15.0. The first-order valence-electron chi connectivity index (χ1n) is 7.45. The molecule has 2 N–H and O–H groups in total. The van der Waals surface area contributed by atoms with E-state index in [9.17, 15) is 4.79 Å². The maximum absolute atomic E-state index is 12.7. The van der Waals surface area contributed by atoms with E-state index in [0.717, 1.165) is 49.4 Å². The third-order valence-corrected chi connectivity index (χ3v) is 4.37. The Labute approximate surface area is 121 Å². The molecular weight excluding hydrogens is 252 g/mol. The molecule has 1 amide bonds. The van der Waals surface area contributed by atoms with Gasteiger partial charge in [0.2, 0.25) is 0 Å². The molecule has 0 bridgehead atoms. The number of aromatic nitrogens is 2. The van der Waals surface area contributed by atoms with Crippen molar-refractivity contribution in [2.75, 3.05) is 19.6 Å². The van der Waals surface area contributed by atoms with Crippen molar-refractivity contribution in [3.63, 3.8) is 0 Å². The van der Waals surface area contributed by atoms with Crippen molar-refractivity contribution in [2.24, 2.45) is 11.1 Å². The fourth-order valence-electron chi connectivity index (χ4n) is 2.96. The van der Waals surface area contributed by atoms with Gasteiger partial charge in [-0.25, -0.2) is 0 Å². The molecule has 112 valence electrons. The number of likely N-dealkylation sites (tertiary alicyclic amines) is 1. The van der Waals surface area contributed by atoms with Crippen LogP contribution in [0.5, 0.6) is 0 Å². The highest BCUT2D eigenvalue weighted by molar-refractivity contribution is 5.96. The zero-order valence-electron chi connectivity index (χ0n) is 13.1. The maximum atomic E-state index is 12.7. The van der Waals surface area contributed by atoms with Crippen LogP contribution in [0.25, 0.3) is 0 Å². The standard InChI is InChI=1S/C15H26N4O/c1-5-7-19-12(3)13(11(2)17-19)14(20)18-8-6-15(4,9-16)10-18/h5-10,16H2,1-4H3. The Hall–Kier alpha value is -1.36. The van der Waals surface area contributed by atoms with Gasteiger partial charge in [-0.15, -0.1) is 0 Å². The van der Waals surface area contributed by atoms with Gasteiger partial charge in [-0.1, -0.05) is 13.8 Å². The van der Waals surface area contributed by atoms with Crippen molar-refractivity contribution in [1.29, 1.82) is 0 Å². The summed E-state index contributed by atoms with van der Waals surface area (Å²) in [5.41, 5.74) is 8.48. The van der Waals surface area contributed by atoms with Gasteiger partial charge < -0.3 is 10.6 Å². The van der Waals surface area contributed by atoms with E-state index in [-0.39, 0.29) is 11.3 Å². The van der Waals surface area contributed by atoms with Gasteiger partial charge in [-0.2, -0.15) is 5.10 Å². The molecule has 1 saturated heterocycles. The van der Waals surface area contributed by atoms with E-state index in [0.29, 0.717) is 6.54 Å². The summed E-state index contributed by atoms with van der Waals surface area (Å²) in [7, 11) is 0. The lowest BCUT2D eigenvalue weighted by Crippen LogP contribution is -2.34. The van der Waals surface area contributed by atoms with Crippen molar-refractivity contribution in [3.8, 4) is 0 Å². The van der Waals surface area contributed by atoms with Crippen LogP contribution < -0.4 is 5.73 Å². The van der Waals surface area contributed by atoms with Crippen LogP contribution in [0.4, 0.5) is 0 Å². The molecule has 5 heteroatoms. The van der Waals surface area contributed by atoms with Crippen molar-refractivity contribution < 1.29 is 4.79 Å². The Bertz CT molecular complexity index is 508. The van der Waals surface area contributed by atoms with Gasteiger partial charge in [0.15, 0.2) is 0 Å².